The Kier molecular flexibility index (Phi) is 5.37. The van der Waals surface area contributed by atoms with E-state index in [0.29, 0.717) is 18.7 Å². The lowest BCUT2D eigenvalue weighted by molar-refractivity contribution is 0.0532. The highest BCUT2D eigenvalue weighted by Gasteiger charge is 2.12. The van der Waals surface area contributed by atoms with Gasteiger partial charge in [-0.3, -0.25) is 4.79 Å². The third-order valence-electron chi connectivity index (χ3n) is 3.27. The van der Waals surface area contributed by atoms with Crippen molar-refractivity contribution in [3.8, 4) is 0 Å². The van der Waals surface area contributed by atoms with E-state index in [1.807, 2.05) is 50.2 Å². The van der Waals surface area contributed by atoms with Crippen molar-refractivity contribution >= 4 is 32.6 Å². The van der Waals surface area contributed by atoms with Crippen LogP contribution >= 0.6 is 15.9 Å². The number of hydrogen-bond donors (Lipinski definition) is 0. The maximum absolute atomic E-state index is 12.4. The third kappa shape index (κ3) is 4.29. The first-order valence-electron chi connectivity index (χ1n) is 7.04. The number of rotatable bonds is 5. The number of halogens is 1. The third-order valence-corrected chi connectivity index (χ3v) is 3.77. The molecule has 3 nitrogen and oxygen atoms in total. The van der Waals surface area contributed by atoms with E-state index in [-0.39, 0.29) is 12.0 Å². The molecular formula is C17H20BrNO2. The molecule has 0 saturated carbocycles. The van der Waals surface area contributed by atoms with Crippen molar-refractivity contribution in [2.75, 3.05) is 20.2 Å². The number of nitrogens with zero attached hydrogens (tertiary/aromatic N) is 1. The fourth-order valence-electron chi connectivity index (χ4n) is 2.10. The molecule has 1 amide bonds. The van der Waals surface area contributed by atoms with Gasteiger partial charge in [0, 0.05) is 23.6 Å². The number of fused-ring (bicyclic) bond motifs is 1. The molecule has 0 aromatic heterocycles. The van der Waals surface area contributed by atoms with E-state index in [4.69, 9.17) is 4.74 Å². The summed E-state index contributed by atoms with van der Waals surface area (Å²) < 4.78 is 6.52. The standard InChI is InChI=1S/C17H20BrNO2/c1-12(2)21-9-8-19(3)17(20)15-5-4-14-11-16(18)7-6-13(14)10-15/h4-7,10-12H,8-9H2,1-3H3. The van der Waals surface area contributed by atoms with Crippen LogP contribution in [0.15, 0.2) is 40.9 Å². The van der Waals surface area contributed by atoms with E-state index in [1.54, 1.807) is 11.9 Å². The highest BCUT2D eigenvalue weighted by molar-refractivity contribution is 9.10. The highest BCUT2D eigenvalue weighted by Crippen LogP contribution is 2.21. The molecule has 0 fully saturated rings. The Hall–Kier alpha value is -1.39. The summed E-state index contributed by atoms with van der Waals surface area (Å²) >= 11 is 3.45. The van der Waals surface area contributed by atoms with Crippen LogP contribution in [-0.2, 0) is 4.74 Å². The number of carbonyl (C=O) groups excluding carboxylic acids is 1. The summed E-state index contributed by atoms with van der Waals surface area (Å²) in [6.45, 7) is 5.13. The van der Waals surface area contributed by atoms with Gasteiger partial charge in [-0.2, -0.15) is 0 Å². The smallest absolute Gasteiger partial charge is 0.253 e. The molecule has 0 unspecified atom stereocenters. The van der Waals surface area contributed by atoms with Crippen LogP contribution in [0.4, 0.5) is 0 Å². The molecule has 2 aromatic carbocycles. The van der Waals surface area contributed by atoms with Crippen LogP contribution in [0.1, 0.15) is 24.2 Å². The minimum absolute atomic E-state index is 0.0205. The van der Waals surface area contributed by atoms with Crippen molar-refractivity contribution in [1.82, 2.24) is 4.90 Å². The number of amides is 1. The van der Waals surface area contributed by atoms with Crippen LogP contribution in [0, 0.1) is 0 Å². The van der Waals surface area contributed by atoms with Crippen LogP contribution in [-0.4, -0.2) is 37.1 Å². The molecule has 0 N–H and O–H groups in total. The van der Waals surface area contributed by atoms with Gasteiger partial charge in [0.2, 0.25) is 0 Å². The van der Waals surface area contributed by atoms with E-state index < -0.39 is 0 Å². The Labute approximate surface area is 134 Å². The maximum atomic E-state index is 12.4. The van der Waals surface area contributed by atoms with Gasteiger partial charge >= 0.3 is 0 Å². The van der Waals surface area contributed by atoms with Gasteiger partial charge in [0.1, 0.15) is 0 Å². The van der Waals surface area contributed by atoms with Crippen molar-refractivity contribution in [2.24, 2.45) is 0 Å². The molecule has 0 bridgehead atoms. The summed E-state index contributed by atoms with van der Waals surface area (Å²) in [6.07, 6.45) is 0.188. The monoisotopic (exact) mass is 349 g/mol. The molecule has 0 saturated heterocycles. The average molecular weight is 350 g/mol. The summed E-state index contributed by atoms with van der Waals surface area (Å²) in [5.41, 5.74) is 0.705. The van der Waals surface area contributed by atoms with Gasteiger partial charge in [0.05, 0.1) is 12.7 Å². The van der Waals surface area contributed by atoms with E-state index in [0.717, 1.165) is 15.2 Å². The van der Waals surface area contributed by atoms with Crippen molar-refractivity contribution in [3.05, 3.63) is 46.4 Å². The molecule has 112 valence electrons. The average Bonchev–Trinajstić information content (AvgIpc) is 2.45. The van der Waals surface area contributed by atoms with E-state index >= 15 is 0 Å². The summed E-state index contributed by atoms with van der Waals surface area (Å²) in [7, 11) is 1.80. The predicted octanol–water partition coefficient (Wildman–Crippen LogP) is 4.10. The van der Waals surface area contributed by atoms with Crippen LogP contribution in [0.25, 0.3) is 10.8 Å². The lowest BCUT2D eigenvalue weighted by atomic mass is 10.1. The maximum Gasteiger partial charge on any atom is 0.253 e. The lowest BCUT2D eigenvalue weighted by Crippen LogP contribution is -2.30. The Bertz CT molecular complexity index is 640. The van der Waals surface area contributed by atoms with Gasteiger partial charge in [-0.15, -0.1) is 0 Å². The zero-order valence-corrected chi connectivity index (χ0v) is 14.2. The molecule has 0 heterocycles. The Morgan fingerprint density at radius 3 is 2.57 bits per heavy atom. The SMILES string of the molecule is CC(C)OCCN(C)C(=O)c1ccc2cc(Br)ccc2c1. The number of hydrogen-bond acceptors (Lipinski definition) is 2. The number of ether oxygens (including phenoxy) is 1. The molecule has 0 atom stereocenters. The molecule has 2 rings (SSSR count). The second-order valence-electron chi connectivity index (χ2n) is 5.35. The largest absolute Gasteiger partial charge is 0.377 e. The molecule has 0 spiro atoms. The molecule has 0 aliphatic carbocycles. The zero-order chi connectivity index (χ0) is 15.4. The molecule has 2 aromatic rings. The van der Waals surface area contributed by atoms with Gasteiger partial charge in [0.25, 0.3) is 5.91 Å². The van der Waals surface area contributed by atoms with E-state index in [2.05, 4.69) is 15.9 Å². The summed E-state index contributed by atoms with van der Waals surface area (Å²) in [5, 5.41) is 2.18. The summed E-state index contributed by atoms with van der Waals surface area (Å²) in [4.78, 5) is 14.1. The van der Waals surface area contributed by atoms with Gasteiger partial charge in [0.15, 0.2) is 0 Å². The van der Waals surface area contributed by atoms with Crippen LogP contribution < -0.4 is 0 Å². The number of likely N-dealkylation sites (N-methyl/N-ethyl adjacent to an activating group) is 1. The number of benzene rings is 2. The lowest BCUT2D eigenvalue weighted by Gasteiger charge is -2.18. The van der Waals surface area contributed by atoms with Crippen molar-refractivity contribution < 1.29 is 9.53 Å². The van der Waals surface area contributed by atoms with Crippen molar-refractivity contribution in [2.45, 2.75) is 20.0 Å². The van der Waals surface area contributed by atoms with Crippen LogP contribution in [0.2, 0.25) is 0 Å². The zero-order valence-electron chi connectivity index (χ0n) is 12.6. The van der Waals surface area contributed by atoms with Crippen molar-refractivity contribution in [1.29, 1.82) is 0 Å². The first-order chi connectivity index (χ1) is 9.97. The molecule has 4 heteroatoms. The normalized spacial score (nSPS) is 11.1. The summed E-state index contributed by atoms with van der Waals surface area (Å²) in [6, 6.07) is 11.8. The van der Waals surface area contributed by atoms with Crippen LogP contribution in [0.5, 0.6) is 0 Å². The Morgan fingerprint density at radius 2 is 1.86 bits per heavy atom. The summed E-state index contributed by atoms with van der Waals surface area (Å²) in [5.74, 6) is 0.0205. The molecule has 0 radical (unpaired) electrons. The highest BCUT2D eigenvalue weighted by atomic mass is 79.9. The van der Waals surface area contributed by atoms with Gasteiger partial charge in [-0.1, -0.05) is 28.1 Å². The molecule has 21 heavy (non-hydrogen) atoms. The van der Waals surface area contributed by atoms with Crippen LogP contribution in [0.3, 0.4) is 0 Å². The molecule has 0 aliphatic heterocycles. The van der Waals surface area contributed by atoms with Gasteiger partial charge in [-0.25, -0.2) is 0 Å². The first kappa shape index (κ1) is 16.0. The first-order valence-corrected chi connectivity index (χ1v) is 7.83. The second-order valence-corrected chi connectivity index (χ2v) is 6.27. The Balaban J connectivity index is 2.10. The molecular weight excluding hydrogens is 330 g/mol. The fourth-order valence-corrected chi connectivity index (χ4v) is 2.48. The van der Waals surface area contributed by atoms with E-state index in [9.17, 15) is 4.79 Å². The Morgan fingerprint density at radius 1 is 1.19 bits per heavy atom. The van der Waals surface area contributed by atoms with E-state index in [1.165, 1.54) is 0 Å². The van der Waals surface area contributed by atoms with Gasteiger partial charge in [-0.05, 0) is 48.9 Å². The molecule has 0 aliphatic rings. The fraction of sp³-hybridized carbons (Fsp3) is 0.353. The van der Waals surface area contributed by atoms with Gasteiger partial charge < -0.3 is 9.64 Å². The minimum atomic E-state index is 0.0205. The second kappa shape index (κ2) is 7.05. The predicted molar refractivity (Wildman–Crippen MR) is 89.7 cm³/mol. The topological polar surface area (TPSA) is 29.5 Å². The minimum Gasteiger partial charge on any atom is -0.377 e. The number of carbonyl (C=O) groups is 1. The quantitative estimate of drug-likeness (QED) is 0.813. The van der Waals surface area contributed by atoms with Crippen molar-refractivity contribution in [3.63, 3.8) is 0 Å².